The molecule has 0 heterocycles. The number of carbonyl (C=O) groups is 2. The van der Waals surface area contributed by atoms with E-state index in [1.165, 1.54) is 18.0 Å². The van der Waals surface area contributed by atoms with Gasteiger partial charge in [0, 0.05) is 35.2 Å². The minimum Gasteiger partial charge on any atom is -0.352 e. The van der Waals surface area contributed by atoms with Crippen molar-refractivity contribution in [2.45, 2.75) is 44.3 Å². The smallest absolute Gasteiger partial charge is 0.243 e. The van der Waals surface area contributed by atoms with E-state index in [1.54, 1.807) is 37.3 Å². The molecular formula is C26H29Cl2N3O4S. The maximum absolute atomic E-state index is 13.5. The first-order chi connectivity index (χ1) is 16.9. The van der Waals surface area contributed by atoms with E-state index >= 15 is 0 Å². The number of halogens is 2. The second-order valence-corrected chi connectivity index (χ2v) is 11.7. The molecule has 0 saturated heterocycles. The molecule has 0 bridgehead atoms. The Morgan fingerprint density at radius 2 is 1.53 bits per heavy atom. The van der Waals surface area contributed by atoms with Crippen LogP contribution in [0, 0.1) is 0 Å². The molecule has 0 saturated carbocycles. The summed E-state index contributed by atoms with van der Waals surface area (Å²) in [5.74, 6) is -0.939. The summed E-state index contributed by atoms with van der Waals surface area (Å²) in [6.07, 6.45) is 0. The molecule has 0 aliphatic heterocycles. The Morgan fingerprint density at radius 3 is 2.14 bits per heavy atom. The van der Waals surface area contributed by atoms with E-state index in [1.807, 2.05) is 38.1 Å². The van der Waals surface area contributed by atoms with E-state index in [-0.39, 0.29) is 23.4 Å². The number of sulfonamides is 1. The Morgan fingerprint density at radius 1 is 0.917 bits per heavy atom. The van der Waals surface area contributed by atoms with Gasteiger partial charge in [0.15, 0.2) is 0 Å². The summed E-state index contributed by atoms with van der Waals surface area (Å²) in [6.45, 7) is 4.67. The first-order valence-electron chi connectivity index (χ1n) is 11.4. The fourth-order valence-electron chi connectivity index (χ4n) is 3.72. The van der Waals surface area contributed by atoms with Crippen molar-refractivity contribution in [2.75, 3.05) is 13.6 Å². The molecule has 0 spiro atoms. The lowest BCUT2D eigenvalue weighted by molar-refractivity contribution is -0.140. The van der Waals surface area contributed by atoms with Crippen molar-refractivity contribution in [1.29, 1.82) is 0 Å². The summed E-state index contributed by atoms with van der Waals surface area (Å²) in [5.41, 5.74) is 0.471. The van der Waals surface area contributed by atoms with Gasteiger partial charge in [-0.25, -0.2) is 8.42 Å². The number of nitrogens with zero attached hydrogens (tertiary/aromatic N) is 2. The van der Waals surface area contributed by atoms with Crippen LogP contribution in [0.3, 0.4) is 0 Å². The predicted molar refractivity (Wildman–Crippen MR) is 144 cm³/mol. The van der Waals surface area contributed by atoms with Gasteiger partial charge in [0.2, 0.25) is 21.8 Å². The van der Waals surface area contributed by atoms with Crippen LogP contribution in [0.5, 0.6) is 0 Å². The largest absolute Gasteiger partial charge is 0.352 e. The first-order valence-corrected chi connectivity index (χ1v) is 13.6. The van der Waals surface area contributed by atoms with Gasteiger partial charge in [0.1, 0.15) is 6.04 Å². The zero-order valence-corrected chi connectivity index (χ0v) is 22.9. The average molecular weight is 551 g/mol. The summed E-state index contributed by atoms with van der Waals surface area (Å²) in [4.78, 5) is 27.6. The van der Waals surface area contributed by atoms with Gasteiger partial charge in [-0.3, -0.25) is 9.59 Å². The van der Waals surface area contributed by atoms with E-state index in [9.17, 15) is 18.0 Å². The molecule has 10 heteroatoms. The molecule has 3 rings (SSSR count). The fourth-order valence-corrected chi connectivity index (χ4v) is 5.39. The van der Waals surface area contributed by atoms with Crippen LogP contribution in [0.1, 0.15) is 26.3 Å². The second kappa shape index (κ2) is 11.6. The zero-order chi connectivity index (χ0) is 26.6. The number of benzene rings is 3. The third-order valence-corrected chi connectivity index (χ3v) is 8.28. The lowest BCUT2D eigenvalue weighted by Crippen LogP contribution is -2.51. The van der Waals surface area contributed by atoms with Crippen LogP contribution in [0.2, 0.25) is 10.0 Å². The van der Waals surface area contributed by atoms with Gasteiger partial charge in [-0.1, -0.05) is 59.6 Å². The van der Waals surface area contributed by atoms with Crippen LogP contribution in [-0.2, 0) is 26.2 Å². The molecule has 1 N–H and O–H groups in total. The van der Waals surface area contributed by atoms with Gasteiger partial charge in [0.05, 0.1) is 11.4 Å². The molecular weight excluding hydrogens is 521 g/mol. The number of likely N-dealkylation sites (N-methyl/N-ethyl adjacent to an activating group) is 1. The summed E-state index contributed by atoms with van der Waals surface area (Å²) in [6, 6.07) is 16.1. The Balaban J connectivity index is 1.89. The molecule has 1 atom stereocenters. The van der Waals surface area contributed by atoms with Gasteiger partial charge in [-0.05, 0) is 55.8 Å². The van der Waals surface area contributed by atoms with Gasteiger partial charge in [-0.2, -0.15) is 4.31 Å². The standard InChI is InChI=1S/C26H29Cl2N3O4S/c1-17(2)29-26(33)18(3)31(15-22-23(27)10-7-11-24(22)28)25(32)16-30(4)36(34,35)21-13-12-19-8-5-6-9-20(19)14-21/h5-14,17-18H,15-16H2,1-4H3,(H,29,33)/t18-/m1/s1. The van der Waals surface area contributed by atoms with E-state index < -0.39 is 28.5 Å². The van der Waals surface area contributed by atoms with Crippen molar-refractivity contribution in [1.82, 2.24) is 14.5 Å². The number of amides is 2. The highest BCUT2D eigenvalue weighted by Gasteiger charge is 2.31. The number of hydrogen-bond acceptors (Lipinski definition) is 4. The van der Waals surface area contributed by atoms with Crippen LogP contribution in [-0.4, -0.2) is 55.1 Å². The van der Waals surface area contributed by atoms with Crippen LogP contribution in [0.25, 0.3) is 10.8 Å². The highest BCUT2D eigenvalue weighted by atomic mass is 35.5. The highest BCUT2D eigenvalue weighted by Crippen LogP contribution is 2.27. The van der Waals surface area contributed by atoms with Crippen molar-refractivity contribution in [3.8, 4) is 0 Å². The highest BCUT2D eigenvalue weighted by molar-refractivity contribution is 7.89. The van der Waals surface area contributed by atoms with E-state index in [4.69, 9.17) is 23.2 Å². The van der Waals surface area contributed by atoms with Crippen LogP contribution >= 0.6 is 23.2 Å². The minimum absolute atomic E-state index is 0.0616. The zero-order valence-electron chi connectivity index (χ0n) is 20.5. The summed E-state index contributed by atoms with van der Waals surface area (Å²) >= 11 is 12.6. The second-order valence-electron chi connectivity index (χ2n) is 8.83. The van der Waals surface area contributed by atoms with Crippen LogP contribution in [0.15, 0.2) is 65.6 Å². The van der Waals surface area contributed by atoms with Gasteiger partial charge < -0.3 is 10.2 Å². The average Bonchev–Trinajstić information content (AvgIpc) is 2.82. The van der Waals surface area contributed by atoms with Crippen LogP contribution in [0.4, 0.5) is 0 Å². The number of rotatable bonds is 9. The van der Waals surface area contributed by atoms with E-state index in [2.05, 4.69) is 5.32 Å². The van der Waals surface area contributed by atoms with Gasteiger partial charge >= 0.3 is 0 Å². The molecule has 0 aliphatic rings. The molecule has 0 fully saturated rings. The number of carbonyl (C=O) groups excluding carboxylic acids is 2. The lowest BCUT2D eigenvalue weighted by atomic mass is 10.1. The molecule has 0 unspecified atom stereocenters. The SMILES string of the molecule is CC(C)NC(=O)[C@@H](C)N(Cc1c(Cl)cccc1Cl)C(=O)CN(C)S(=O)(=O)c1ccc2ccccc2c1. The van der Waals surface area contributed by atoms with Crippen LogP contribution < -0.4 is 5.32 Å². The van der Waals surface area contributed by atoms with Crippen molar-refractivity contribution >= 4 is 55.8 Å². The van der Waals surface area contributed by atoms with Gasteiger partial charge in [0.25, 0.3) is 0 Å². The molecule has 3 aromatic carbocycles. The van der Waals surface area contributed by atoms with Crippen molar-refractivity contribution in [3.63, 3.8) is 0 Å². The number of fused-ring (bicyclic) bond motifs is 1. The molecule has 192 valence electrons. The van der Waals surface area contributed by atoms with Gasteiger partial charge in [-0.15, -0.1) is 0 Å². The van der Waals surface area contributed by atoms with E-state index in [0.717, 1.165) is 15.1 Å². The summed E-state index contributed by atoms with van der Waals surface area (Å²) in [5, 5.41) is 5.15. The van der Waals surface area contributed by atoms with E-state index in [0.29, 0.717) is 15.6 Å². The molecule has 0 aromatic heterocycles. The third-order valence-electron chi connectivity index (χ3n) is 5.78. The molecule has 36 heavy (non-hydrogen) atoms. The maximum atomic E-state index is 13.5. The monoisotopic (exact) mass is 549 g/mol. The van der Waals surface area contributed by atoms with Crippen molar-refractivity contribution in [2.24, 2.45) is 0 Å². The topological polar surface area (TPSA) is 86.8 Å². The normalized spacial score (nSPS) is 12.7. The number of nitrogens with one attached hydrogen (secondary N) is 1. The molecule has 2 amide bonds. The predicted octanol–water partition coefficient (Wildman–Crippen LogP) is 4.71. The minimum atomic E-state index is -3.98. The molecule has 3 aromatic rings. The summed E-state index contributed by atoms with van der Waals surface area (Å²) in [7, 11) is -2.64. The molecule has 0 aliphatic carbocycles. The third kappa shape index (κ3) is 6.37. The molecule has 7 nitrogen and oxygen atoms in total. The number of hydrogen-bond donors (Lipinski definition) is 1. The Kier molecular flexibility index (Phi) is 9.00. The Bertz CT molecular complexity index is 1360. The Hall–Kier alpha value is -2.65. The molecule has 0 radical (unpaired) electrons. The fraction of sp³-hybridized carbons (Fsp3) is 0.308. The Labute approximate surface area is 222 Å². The quantitative estimate of drug-likeness (QED) is 0.418. The van der Waals surface area contributed by atoms with Crippen molar-refractivity contribution < 1.29 is 18.0 Å². The lowest BCUT2D eigenvalue weighted by Gasteiger charge is -2.31. The first kappa shape index (κ1) is 27.9. The summed E-state index contributed by atoms with van der Waals surface area (Å²) < 4.78 is 27.5. The van der Waals surface area contributed by atoms with Crippen molar-refractivity contribution in [3.05, 3.63) is 76.3 Å². The maximum Gasteiger partial charge on any atom is 0.243 e.